The molecule has 0 saturated heterocycles. The monoisotopic (exact) mass is 262 g/mol. The van der Waals surface area contributed by atoms with Crippen molar-refractivity contribution in [1.82, 2.24) is 9.55 Å². The van der Waals surface area contributed by atoms with Gasteiger partial charge in [-0.05, 0) is 12.1 Å². The molecule has 0 saturated carbocycles. The zero-order valence-electron chi connectivity index (χ0n) is 9.31. The fourth-order valence-electron chi connectivity index (χ4n) is 1.79. The Morgan fingerprint density at radius 1 is 1.28 bits per heavy atom. The van der Waals surface area contributed by atoms with Crippen molar-refractivity contribution in [3.63, 3.8) is 0 Å². The van der Waals surface area contributed by atoms with Gasteiger partial charge in [0.25, 0.3) is 10.0 Å². The number of rotatable bonds is 2. The van der Waals surface area contributed by atoms with Gasteiger partial charge in [-0.2, -0.15) is 8.42 Å². The van der Waals surface area contributed by atoms with Crippen molar-refractivity contribution in [3.8, 4) is 0 Å². The smallest absolute Gasteiger partial charge is 0.286 e. The summed E-state index contributed by atoms with van der Waals surface area (Å²) in [6.07, 6.45) is 4.99. The molecule has 1 aliphatic rings. The van der Waals surface area contributed by atoms with Crippen LogP contribution in [0.25, 0.3) is 0 Å². The largest absolute Gasteiger partial charge is 0.340 e. The second kappa shape index (κ2) is 3.95. The molecule has 7 heteroatoms. The molecule has 6 nitrogen and oxygen atoms in total. The molecule has 0 radical (unpaired) electrons. The number of benzene rings is 1. The van der Waals surface area contributed by atoms with Crippen molar-refractivity contribution in [2.45, 2.75) is 11.4 Å². The van der Waals surface area contributed by atoms with Crippen LogP contribution in [-0.4, -0.2) is 23.8 Å². The number of hydrogen-bond acceptors (Lipinski definition) is 4. The van der Waals surface area contributed by atoms with Crippen molar-refractivity contribution < 1.29 is 8.42 Å². The predicted octanol–water partition coefficient (Wildman–Crippen LogP) is 1.10. The van der Waals surface area contributed by atoms with E-state index in [0.717, 1.165) is 0 Å². The van der Waals surface area contributed by atoms with E-state index in [1.165, 1.54) is 6.07 Å². The highest BCUT2D eigenvalue weighted by molar-refractivity contribution is 7.90. The number of anilines is 1. The van der Waals surface area contributed by atoms with Crippen molar-refractivity contribution in [2.24, 2.45) is 4.40 Å². The van der Waals surface area contributed by atoms with Gasteiger partial charge in [0, 0.05) is 12.4 Å². The van der Waals surface area contributed by atoms with E-state index in [1.807, 2.05) is 0 Å². The van der Waals surface area contributed by atoms with Crippen LogP contribution in [0.5, 0.6) is 0 Å². The molecule has 0 bridgehead atoms. The fourth-order valence-corrected chi connectivity index (χ4v) is 2.93. The maximum Gasteiger partial charge on any atom is 0.286 e. The lowest BCUT2D eigenvalue weighted by molar-refractivity contribution is 0.597. The normalized spacial score (nSPS) is 16.6. The molecule has 0 atom stereocenters. The number of nitrogens with one attached hydrogen (secondary N) is 1. The number of aromatic nitrogens is 2. The molecule has 0 spiro atoms. The summed E-state index contributed by atoms with van der Waals surface area (Å²) in [5.41, 5.74) is 0.558. The van der Waals surface area contributed by atoms with Crippen LogP contribution in [0.4, 0.5) is 5.69 Å². The minimum Gasteiger partial charge on any atom is -0.340 e. The van der Waals surface area contributed by atoms with Gasteiger partial charge in [-0.25, -0.2) is 4.98 Å². The molecule has 92 valence electrons. The average Bonchev–Trinajstić information content (AvgIpc) is 2.81. The van der Waals surface area contributed by atoms with Gasteiger partial charge in [-0.15, -0.1) is 4.40 Å². The van der Waals surface area contributed by atoms with Crippen molar-refractivity contribution >= 4 is 21.5 Å². The first-order chi connectivity index (χ1) is 8.65. The summed E-state index contributed by atoms with van der Waals surface area (Å²) in [6.45, 7) is 0.341. The van der Waals surface area contributed by atoms with Crippen LogP contribution in [0.15, 0.2) is 52.3 Å². The molecule has 0 unspecified atom stereocenters. The Labute approximate surface area is 104 Å². The third-order valence-electron chi connectivity index (χ3n) is 2.57. The van der Waals surface area contributed by atoms with E-state index >= 15 is 0 Å². The zero-order chi connectivity index (χ0) is 12.6. The van der Waals surface area contributed by atoms with Gasteiger partial charge in [0.05, 0.1) is 18.6 Å². The first kappa shape index (κ1) is 11.0. The lowest BCUT2D eigenvalue weighted by atomic mass is 10.3. The number of sulfonamides is 1. The van der Waals surface area contributed by atoms with Crippen LogP contribution in [-0.2, 0) is 16.6 Å². The van der Waals surface area contributed by atoms with Crippen LogP contribution in [0.1, 0.15) is 0 Å². The Morgan fingerprint density at radius 3 is 2.89 bits per heavy atom. The lowest BCUT2D eigenvalue weighted by Gasteiger charge is -2.18. The summed E-state index contributed by atoms with van der Waals surface area (Å²) >= 11 is 0. The number of fused-ring (bicyclic) bond motifs is 1. The van der Waals surface area contributed by atoms with Gasteiger partial charge in [-0.1, -0.05) is 12.1 Å². The summed E-state index contributed by atoms with van der Waals surface area (Å²) in [5, 5.41) is 3.01. The van der Waals surface area contributed by atoms with Crippen LogP contribution in [0.2, 0.25) is 0 Å². The molecule has 3 rings (SSSR count). The van der Waals surface area contributed by atoms with Gasteiger partial charge in [0.1, 0.15) is 10.7 Å². The summed E-state index contributed by atoms with van der Waals surface area (Å²) in [5.74, 6) is 0.381. The molecule has 0 amide bonds. The number of imidazole rings is 1. The van der Waals surface area contributed by atoms with E-state index < -0.39 is 10.0 Å². The maximum atomic E-state index is 12.0. The molecule has 2 aromatic rings. The van der Waals surface area contributed by atoms with Gasteiger partial charge >= 0.3 is 0 Å². The highest BCUT2D eigenvalue weighted by Crippen LogP contribution is 2.26. The maximum absolute atomic E-state index is 12.0. The Kier molecular flexibility index (Phi) is 2.41. The van der Waals surface area contributed by atoms with Crippen LogP contribution >= 0.6 is 0 Å². The van der Waals surface area contributed by atoms with Crippen LogP contribution in [0.3, 0.4) is 0 Å². The van der Waals surface area contributed by atoms with E-state index in [0.29, 0.717) is 18.1 Å². The highest BCUT2D eigenvalue weighted by atomic mass is 32.2. The molecule has 18 heavy (non-hydrogen) atoms. The molecular weight excluding hydrogens is 252 g/mol. The second-order valence-electron chi connectivity index (χ2n) is 3.87. The first-order valence-electron chi connectivity index (χ1n) is 5.31. The zero-order valence-corrected chi connectivity index (χ0v) is 10.1. The van der Waals surface area contributed by atoms with Crippen molar-refractivity contribution in [2.75, 3.05) is 5.32 Å². The Morgan fingerprint density at radius 2 is 2.11 bits per heavy atom. The Bertz CT molecular complexity index is 704. The van der Waals surface area contributed by atoms with E-state index in [2.05, 4.69) is 14.7 Å². The lowest BCUT2D eigenvalue weighted by Crippen LogP contribution is -2.25. The van der Waals surface area contributed by atoms with Crippen LogP contribution < -0.4 is 5.32 Å². The van der Waals surface area contributed by atoms with Gasteiger partial charge in [0.15, 0.2) is 0 Å². The van der Waals surface area contributed by atoms with E-state index in [4.69, 9.17) is 0 Å². The molecule has 2 heterocycles. The fraction of sp³-hybridized carbons (Fsp3) is 0.0909. The van der Waals surface area contributed by atoms with E-state index in [9.17, 15) is 8.42 Å². The minimum atomic E-state index is -3.60. The molecule has 1 aliphatic heterocycles. The molecular formula is C11H10N4O2S. The van der Waals surface area contributed by atoms with Crippen LogP contribution in [0, 0.1) is 0 Å². The molecule has 1 aromatic carbocycles. The Balaban J connectivity index is 1.99. The summed E-state index contributed by atoms with van der Waals surface area (Å²) in [6, 6.07) is 6.71. The first-order valence-corrected chi connectivity index (χ1v) is 6.75. The summed E-state index contributed by atoms with van der Waals surface area (Å²) < 4.78 is 29.4. The molecule has 0 fully saturated rings. The Hall–Kier alpha value is -2.15. The third kappa shape index (κ3) is 1.88. The molecule has 0 aliphatic carbocycles. The van der Waals surface area contributed by atoms with E-state index in [-0.39, 0.29) is 4.90 Å². The van der Waals surface area contributed by atoms with Gasteiger partial charge in [-0.3, -0.25) is 0 Å². The standard InChI is InChI=1S/C11H10N4O2S/c16-18(17)10-4-2-1-3-9(10)13-11(14-18)7-15-6-5-12-8-15/h1-6,8H,7H2,(H,13,14). The number of para-hydroxylation sites is 1. The minimum absolute atomic E-state index is 0.208. The third-order valence-corrected chi connectivity index (χ3v) is 3.94. The predicted molar refractivity (Wildman–Crippen MR) is 66.9 cm³/mol. The summed E-state index contributed by atoms with van der Waals surface area (Å²) in [7, 11) is -3.60. The van der Waals surface area contributed by atoms with Crippen molar-refractivity contribution in [3.05, 3.63) is 43.0 Å². The quantitative estimate of drug-likeness (QED) is 0.879. The number of amidine groups is 1. The number of hydrogen-bond donors (Lipinski definition) is 1. The molecule has 1 N–H and O–H groups in total. The number of nitrogens with zero attached hydrogens (tertiary/aromatic N) is 3. The second-order valence-corrected chi connectivity index (χ2v) is 5.44. The van der Waals surface area contributed by atoms with Gasteiger partial charge in [0.2, 0.25) is 0 Å². The van der Waals surface area contributed by atoms with E-state index in [1.54, 1.807) is 41.5 Å². The average molecular weight is 262 g/mol. The topological polar surface area (TPSA) is 76.3 Å². The summed E-state index contributed by atoms with van der Waals surface area (Å²) in [4.78, 5) is 4.11. The van der Waals surface area contributed by atoms with Crippen molar-refractivity contribution in [1.29, 1.82) is 0 Å². The highest BCUT2D eigenvalue weighted by Gasteiger charge is 2.23. The molecule has 1 aromatic heterocycles. The SMILES string of the molecule is O=S1(=O)N=C(Cn2ccnc2)Nc2ccccc21. The van der Waals surface area contributed by atoms with Gasteiger partial charge < -0.3 is 9.88 Å².